The lowest BCUT2D eigenvalue weighted by atomic mass is 10.0. The third-order valence-corrected chi connectivity index (χ3v) is 4.50. The topological polar surface area (TPSA) is 41.4 Å². The zero-order valence-electron chi connectivity index (χ0n) is 14.6. The molecule has 3 rings (SSSR count). The number of nitrogens with zero attached hydrogens (tertiary/aromatic N) is 4. The number of amides is 1. The largest absolute Gasteiger partial charge is 0.332 e. The predicted molar refractivity (Wildman–Crippen MR) is 90.2 cm³/mol. The molecule has 0 saturated heterocycles. The Balaban J connectivity index is 1.83. The molecule has 0 bridgehead atoms. The molecule has 1 aromatic heterocycles. The van der Waals surface area contributed by atoms with Gasteiger partial charge in [-0.15, -0.1) is 0 Å². The van der Waals surface area contributed by atoms with Gasteiger partial charge in [0, 0.05) is 31.3 Å². The van der Waals surface area contributed by atoms with Crippen molar-refractivity contribution in [2.24, 2.45) is 7.05 Å². The van der Waals surface area contributed by atoms with Gasteiger partial charge in [0.25, 0.3) is 5.91 Å². The van der Waals surface area contributed by atoms with Crippen molar-refractivity contribution in [2.45, 2.75) is 26.4 Å². The summed E-state index contributed by atoms with van der Waals surface area (Å²) in [6, 6.07) is 4.67. The van der Waals surface area contributed by atoms with Crippen molar-refractivity contribution < 1.29 is 9.18 Å². The van der Waals surface area contributed by atoms with E-state index >= 15 is 0 Å². The second-order valence-corrected chi connectivity index (χ2v) is 6.67. The van der Waals surface area contributed by atoms with Crippen molar-refractivity contribution in [3.8, 4) is 0 Å². The molecule has 1 aliphatic rings. The Labute approximate surface area is 141 Å². The number of hydrogen-bond acceptors (Lipinski definition) is 3. The quantitative estimate of drug-likeness (QED) is 0.866. The van der Waals surface area contributed by atoms with Crippen LogP contribution in [0.2, 0.25) is 0 Å². The van der Waals surface area contributed by atoms with E-state index in [1.165, 1.54) is 11.6 Å². The Hall–Kier alpha value is -2.21. The maximum Gasteiger partial charge on any atom is 0.254 e. The van der Waals surface area contributed by atoms with Crippen LogP contribution in [0.25, 0.3) is 0 Å². The van der Waals surface area contributed by atoms with Crippen LogP contribution in [0.4, 0.5) is 4.39 Å². The van der Waals surface area contributed by atoms with Crippen LogP contribution in [-0.4, -0.2) is 46.1 Å². The lowest BCUT2D eigenvalue weighted by molar-refractivity contribution is 0.0729. The van der Waals surface area contributed by atoms with E-state index in [9.17, 15) is 9.18 Å². The van der Waals surface area contributed by atoms with E-state index in [2.05, 4.69) is 10.00 Å². The molecule has 0 N–H and O–H groups in total. The smallest absolute Gasteiger partial charge is 0.254 e. The molecule has 0 unspecified atom stereocenters. The lowest BCUT2D eigenvalue weighted by Crippen LogP contribution is -2.36. The molecule has 2 aromatic rings. The van der Waals surface area contributed by atoms with Gasteiger partial charge in [-0.05, 0) is 45.1 Å². The van der Waals surface area contributed by atoms with Crippen LogP contribution < -0.4 is 0 Å². The third-order valence-electron chi connectivity index (χ3n) is 4.50. The summed E-state index contributed by atoms with van der Waals surface area (Å²) >= 11 is 0. The fourth-order valence-corrected chi connectivity index (χ4v) is 3.16. The lowest BCUT2D eigenvalue weighted by Gasteiger charge is -2.28. The number of aryl methyl sites for hydroxylation is 2. The number of rotatable bonds is 3. The van der Waals surface area contributed by atoms with E-state index in [4.69, 9.17) is 0 Å². The van der Waals surface area contributed by atoms with Gasteiger partial charge in [-0.3, -0.25) is 9.48 Å². The first-order valence-electron chi connectivity index (χ1n) is 8.10. The highest BCUT2D eigenvalue weighted by Crippen LogP contribution is 2.24. The van der Waals surface area contributed by atoms with Gasteiger partial charge in [0.1, 0.15) is 5.82 Å². The molecule has 6 heteroatoms. The molecule has 0 radical (unpaired) electrons. The minimum Gasteiger partial charge on any atom is -0.332 e. The molecule has 0 aliphatic carbocycles. The van der Waals surface area contributed by atoms with Gasteiger partial charge in [0.15, 0.2) is 0 Å². The number of carbonyl (C=O) groups excluding carboxylic acids is 1. The molecule has 2 heterocycles. The molecule has 0 atom stereocenters. The maximum atomic E-state index is 13.7. The highest BCUT2D eigenvalue weighted by atomic mass is 19.1. The van der Waals surface area contributed by atoms with Crippen molar-refractivity contribution in [3.05, 3.63) is 52.1 Å². The van der Waals surface area contributed by atoms with Crippen LogP contribution in [0.15, 0.2) is 18.2 Å². The van der Waals surface area contributed by atoms with Crippen LogP contribution in [0, 0.1) is 12.7 Å². The molecule has 1 aromatic carbocycles. The Morgan fingerprint density at radius 1 is 1.38 bits per heavy atom. The predicted octanol–water partition coefficient (Wildman–Crippen LogP) is 2.13. The van der Waals surface area contributed by atoms with Crippen LogP contribution in [0.1, 0.15) is 32.9 Å². The Morgan fingerprint density at radius 3 is 2.79 bits per heavy atom. The highest BCUT2D eigenvalue weighted by molar-refractivity contribution is 5.94. The van der Waals surface area contributed by atoms with Crippen LogP contribution >= 0.6 is 0 Å². The fourth-order valence-electron chi connectivity index (χ4n) is 3.16. The zero-order chi connectivity index (χ0) is 17.4. The van der Waals surface area contributed by atoms with E-state index < -0.39 is 0 Å². The summed E-state index contributed by atoms with van der Waals surface area (Å²) in [6.45, 7) is 3.63. The van der Waals surface area contributed by atoms with Crippen LogP contribution in [0.5, 0.6) is 0 Å². The third kappa shape index (κ3) is 3.06. The first-order chi connectivity index (χ1) is 11.4. The average molecular weight is 330 g/mol. The first-order valence-corrected chi connectivity index (χ1v) is 8.10. The van der Waals surface area contributed by atoms with Gasteiger partial charge >= 0.3 is 0 Å². The van der Waals surface area contributed by atoms with Crippen LogP contribution in [0.3, 0.4) is 0 Å². The molecule has 1 aliphatic heterocycles. The molecule has 0 fully saturated rings. The second-order valence-electron chi connectivity index (χ2n) is 6.67. The summed E-state index contributed by atoms with van der Waals surface area (Å²) in [7, 11) is 5.95. The van der Waals surface area contributed by atoms with Crippen molar-refractivity contribution in [2.75, 3.05) is 20.6 Å². The number of aromatic nitrogens is 2. The monoisotopic (exact) mass is 330 g/mol. The second kappa shape index (κ2) is 6.36. The summed E-state index contributed by atoms with van der Waals surface area (Å²) in [5.74, 6) is -0.470. The Bertz CT molecular complexity index is 782. The van der Waals surface area contributed by atoms with Gasteiger partial charge in [0.2, 0.25) is 0 Å². The number of fused-ring (bicyclic) bond motifs is 1. The summed E-state index contributed by atoms with van der Waals surface area (Å²) in [4.78, 5) is 16.6. The van der Waals surface area contributed by atoms with Crippen molar-refractivity contribution in [3.63, 3.8) is 0 Å². The van der Waals surface area contributed by atoms with E-state index in [0.717, 1.165) is 24.4 Å². The molecular weight excluding hydrogens is 307 g/mol. The highest BCUT2D eigenvalue weighted by Gasteiger charge is 2.27. The molecule has 5 nitrogen and oxygen atoms in total. The minimum absolute atomic E-state index is 0.130. The normalized spacial score (nSPS) is 14.2. The molecule has 128 valence electrons. The summed E-state index contributed by atoms with van der Waals surface area (Å²) in [6.07, 6.45) is 0.784. The molecule has 24 heavy (non-hydrogen) atoms. The molecule has 0 saturated carbocycles. The Morgan fingerprint density at radius 2 is 2.12 bits per heavy atom. The van der Waals surface area contributed by atoms with E-state index in [1.807, 2.05) is 25.8 Å². The number of halogens is 1. The van der Waals surface area contributed by atoms with Crippen molar-refractivity contribution >= 4 is 5.91 Å². The zero-order valence-corrected chi connectivity index (χ0v) is 14.6. The number of carbonyl (C=O) groups is 1. The maximum absolute atomic E-state index is 13.7. The average Bonchev–Trinajstić information content (AvgIpc) is 2.84. The van der Waals surface area contributed by atoms with E-state index in [0.29, 0.717) is 24.2 Å². The van der Waals surface area contributed by atoms with Crippen molar-refractivity contribution in [1.29, 1.82) is 0 Å². The van der Waals surface area contributed by atoms with E-state index in [1.54, 1.807) is 24.0 Å². The van der Waals surface area contributed by atoms with Crippen molar-refractivity contribution in [1.82, 2.24) is 19.6 Å². The fraction of sp³-hybridized carbons (Fsp3) is 0.444. The standard InChI is InChI=1S/C18H23FN4O/c1-12-5-6-13(9-15(12)19)18(24)23-8-7-14-16(10-21(2)3)20-22(4)17(14)11-23/h5-6,9H,7-8,10-11H2,1-4H3. The van der Waals surface area contributed by atoms with Gasteiger partial charge in [-0.1, -0.05) is 6.07 Å². The summed E-state index contributed by atoms with van der Waals surface area (Å²) in [5.41, 5.74) is 4.33. The molecular formula is C18H23FN4O. The number of benzene rings is 1. The minimum atomic E-state index is -0.340. The summed E-state index contributed by atoms with van der Waals surface area (Å²) in [5, 5.41) is 4.60. The summed E-state index contributed by atoms with van der Waals surface area (Å²) < 4.78 is 15.6. The van der Waals surface area contributed by atoms with Gasteiger partial charge in [0.05, 0.1) is 17.9 Å². The van der Waals surface area contributed by atoms with Gasteiger partial charge < -0.3 is 9.80 Å². The molecule has 1 amide bonds. The van der Waals surface area contributed by atoms with Crippen LogP contribution in [-0.2, 0) is 26.6 Å². The Kier molecular flexibility index (Phi) is 4.41. The van der Waals surface area contributed by atoms with E-state index in [-0.39, 0.29) is 11.7 Å². The van der Waals surface area contributed by atoms with Gasteiger partial charge in [-0.2, -0.15) is 5.10 Å². The molecule has 0 spiro atoms. The SMILES string of the molecule is Cc1ccc(C(=O)N2CCc3c(CN(C)C)nn(C)c3C2)cc1F. The first kappa shape index (κ1) is 16.6. The van der Waals surface area contributed by atoms with Gasteiger partial charge in [-0.25, -0.2) is 4.39 Å². The number of hydrogen-bond donors (Lipinski definition) is 0.